The van der Waals surface area contributed by atoms with Gasteiger partial charge in [-0.25, -0.2) is 0 Å². The number of esters is 1. The molecule has 4 rings (SSSR count). The van der Waals surface area contributed by atoms with Crippen LogP contribution in [0.25, 0.3) is 0 Å². The van der Waals surface area contributed by atoms with Gasteiger partial charge in [-0.05, 0) is 36.5 Å². The maximum atomic E-state index is 12.6. The Kier molecular flexibility index (Phi) is 3.00. The number of pyridine rings is 1. The van der Waals surface area contributed by atoms with E-state index in [2.05, 4.69) is 18.1 Å². The molecule has 1 aliphatic heterocycles. The summed E-state index contributed by atoms with van der Waals surface area (Å²) in [4.78, 5) is 16.8. The summed E-state index contributed by atoms with van der Waals surface area (Å²) < 4.78 is 6.00. The second-order valence-corrected chi connectivity index (χ2v) is 6.83. The van der Waals surface area contributed by atoms with E-state index in [1.165, 1.54) is 11.1 Å². The second-order valence-electron chi connectivity index (χ2n) is 6.83. The molecule has 2 unspecified atom stereocenters. The Morgan fingerprint density at radius 3 is 2.59 bits per heavy atom. The molecule has 4 atom stereocenters. The van der Waals surface area contributed by atoms with Crippen LogP contribution in [0.15, 0.2) is 43.8 Å². The molecule has 1 aromatic rings. The van der Waals surface area contributed by atoms with E-state index in [1.807, 2.05) is 30.6 Å². The highest BCUT2D eigenvalue weighted by atomic mass is 16.6. The van der Waals surface area contributed by atoms with Crippen LogP contribution in [0.4, 0.5) is 0 Å². The smallest absolute Gasteiger partial charge is 0.310 e. The molecule has 1 saturated carbocycles. The maximum absolute atomic E-state index is 12.6. The molecule has 2 fully saturated rings. The molecule has 2 heterocycles. The van der Waals surface area contributed by atoms with E-state index in [1.54, 1.807) is 0 Å². The van der Waals surface area contributed by atoms with Crippen molar-refractivity contribution in [2.24, 2.45) is 17.8 Å². The molecular weight excluding hydrogens is 274 g/mol. The number of carbonyl (C=O) groups excluding carboxylic acids is 1. The van der Waals surface area contributed by atoms with Gasteiger partial charge in [-0.3, -0.25) is 9.78 Å². The first-order valence-corrected chi connectivity index (χ1v) is 8.10. The van der Waals surface area contributed by atoms with E-state index in [-0.39, 0.29) is 23.7 Å². The van der Waals surface area contributed by atoms with Crippen LogP contribution < -0.4 is 0 Å². The molecule has 0 bridgehead atoms. The molecule has 3 nitrogen and oxygen atoms in total. The standard InChI is InChI=1S/C19H21NO2/c1-3-13-5-6-14(4-2)19(13)10-17(18(21)22-19)16-9-12-11-20-8-7-15(12)16/h3-4,7-8,11,13-14,16-17H,1-2,5-6,9-10H2/t13-,14-,16?,17?/m1/s1. The highest BCUT2D eigenvalue weighted by Gasteiger charge is 2.59. The number of ether oxygens (including phenoxy) is 1. The summed E-state index contributed by atoms with van der Waals surface area (Å²) in [5, 5.41) is 0. The predicted octanol–water partition coefficient (Wildman–Crippen LogP) is 3.42. The van der Waals surface area contributed by atoms with Crippen molar-refractivity contribution in [1.29, 1.82) is 0 Å². The largest absolute Gasteiger partial charge is 0.458 e. The van der Waals surface area contributed by atoms with Gasteiger partial charge in [-0.2, -0.15) is 0 Å². The van der Waals surface area contributed by atoms with Crippen LogP contribution in [0, 0.1) is 17.8 Å². The van der Waals surface area contributed by atoms with Crippen LogP contribution in [-0.4, -0.2) is 16.6 Å². The Bertz CT molecular complexity index is 635. The lowest BCUT2D eigenvalue weighted by Gasteiger charge is -2.35. The van der Waals surface area contributed by atoms with E-state index < -0.39 is 5.60 Å². The zero-order valence-electron chi connectivity index (χ0n) is 12.7. The molecule has 2 aliphatic carbocycles. The summed E-state index contributed by atoms with van der Waals surface area (Å²) in [7, 11) is 0. The predicted molar refractivity (Wildman–Crippen MR) is 84.2 cm³/mol. The lowest BCUT2D eigenvalue weighted by atomic mass is 9.67. The number of fused-ring (bicyclic) bond motifs is 1. The normalized spacial score (nSPS) is 34.8. The summed E-state index contributed by atoms with van der Waals surface area (Å²) in [5.41, 5.74) is 2.15. The fourth-order valence-corrected chi connectivity index (χ4v) is 4.79. The molecule has 1 spiro atoms. The number of rotatable bonds is 3. The molecule has 114 valence electrons. The number of aromatic nitrogens is 1. The fourth-order valence-electron chi connectivity index (χ4n) is 4.79. The van der Waals surface area contributed by atoms with E-state index in [0.717, 1.165) is 25.7 Å². The van der Waals surface area contributed by atoms with Gasteiger partial charge in [-0.15, -0.1) is 13.2 Å². The van der Waals surface area contributed by atoms with Crippen LogP contribution in [0.2, 0.25) is 0 Å². The zero-order chi connectivity index (χ0) is 15.3. The van der Waals surface area contributed by atoms with E-state index >= 15 is 0 Å². The molecule has 0 radical (unpaired) electrons. The van der Waals surface area contributed by atoms with Gasteiger partial charge in [0, 0.05) is 36.6 Å². The molecule has 1 saturated heterocycles. The van der Waals surface area contributed by atoms with Gasteiger partial charge in [0.15, 0.2) is 0 Å². The van der Waals surface area contributed by atoms with Gasteiger partial charge in [-0.1, -0.05) is 12.2 Å². The Labute approximate surface area is 131 Å². The Balaban J connectivity index is 1.64. The highest BCUT2D eigenvalue weighted by Crippen LogP contribution is 2.56. The van der Waals surface area contributed by atoms with Crippen LogP contribution in [0.5, 0.6) is 0 Å². The lowest BCUT2D eigenvalue weighted by Crippen LogP contribution is -2.38. The fraction of sp³-hybridized carbons (Fsp3) is 0.474. The molecule has 0 aromatic carbocycles. The zero-order valence-corrected chi connectivity index (χ0v) is 12.7. The molecule has 3 aliphatic rings. The van der Waals surface area contributed by atoms with Crippen molar-refractivity contribution in [3.8, 4) is 0 Å². The molecule has 0 amide bonds. The minimum absolute atomic E-state index is 0.0297. The van der Waals surface area contributed by atoms with Crippen molar-refractivity contribution in [2.75, 3.05) is 0 Å². The van der Waals surface area contributed by atoms with Crippen molar-refractivity contribution in [2.45, 2.75) is 37.2 Å². The van der Waals surface area contributed by atoms with Gasteiger partial charge >= 0.3 is 5.97 Å². The first-order valence-electron chi connectivity index (χ1n) is 8.10. The third kappa shape index (κ3) is 1.68. The van der Waals surface area contributed by atoms with Crippen LogP contribution in [0.1, 0.15) is 36.3 Å². The first-order chi connectivity index (χ1) is 10.7. The van der Waals surface area contributed by atoms with Crippen molar-refractivity contribution in [3.63, 3.8) is 0 Å². The minimum atomic E-state index is -0.395. The van der Waals surface area contributed by atoms with Crippen molar-refractivity contribution >= 4 is 5.97 Å². The van der Waals surface area contributed by atoms with E-state index in [4.69, 9.17) is 4.74 Å². The van der Waals surface area contributed by atoms with Gasteiger partial charge in [0.25, 0.3) is 0 Å². The SMILES string of the molecule is C=C[C@@H]1CC[C@@H](C=C)C12CC(C1Cc3cnccc31)C(=O)O2. The Morgan fingerprint density at radius 2 is 1.95 bits per heavy atom. The summed E-state index contributed by atoms with van der Waals surface area (Å²) in [6.07, 6.45) is 11.5. The molecule has 1 aromatic heterocycles. The van der Waals surface area contributed by atoms with Crippen molar-refractivity contribution in [3.05, 3.63) is 54.9 Å². The van der Waals surface area contributed by atoms with E-state index in [9.17, 15) is 4.79 Å². The maximum Gasteiger partial charge on any atom is 0.310 e. The summed E-state index contributed by atoms with van der Waals surface area (Å²) in [6.45, 7) is 7.92. The number of hydrogen-bond acceptors (Lipinski definition) is 3. The highest BCUT2D eigenvalue weighted by molar-refractivity contribution is 5.78. The third-order valence-electron chi connectivity index (χ3n) is 6.01. The number of carbonyl (C=O) groups is 1. The van der Waals surface area contributed by atoms with Crippen LogP contribution in [0.3, 0.4) is 0 Å². The minimum Gasteiger partial charge on any atom is -0.458 e. The number of hydrogen-bond donors (Lipinski definition) is 0. The summed E-state index contributed by atoms with van der Waals surface area (Å²) >= 11 is 0. The molecule has 0 N–H and O–H groups in total. The van der Waals surface area contributed by atoms with Gasteiger partial charge in [0.05, 0.1) is 5.92 Å². The monoisotopic (exact) mass is 295 g/mol. The lowest BCUT2D eigenvalue weighted by molar-refractivity contribution is -0.154. The van der Waals surface area contributed by atoms with Crippen molar-refractivity contribution in [1.82, 2.24) is 4.98 Å². The topological polar surface area (TPSA) is 39.2 Å². The molecule has 22 heavy (non-hydrogen) atoms. The van der Waals surface area contributed by atoms with Crippen LogP contribution >= 0.6 is 0 Å². The Morgan fingerprint density at radius 1 is 1.23 bits per heavy atom. The summed E-state index contributed by atoms with van der Waals surface area (Å²) in [6, 6.07) is 2.05. The van der Waals surface area contributed by atoms with Gasteiger partial charge in [0.1, 0.15) is 5.60 Å². The van der Waals surface area contributed by atoms with Gasteiger partial charge in [0.2, 0.25) is 0 Å². The van der Waals surface area contributed by atoms with Gasteiger partial charge < -0.3 is 4.74 Å². The summed E-state index contributed by atoms with van der Waals surface area (Å²) in [5.74, 6) is 0.732. The Hall–Kier alpha value is -1.90. The first kappa shape index (κ1) is 13.7. The molecular formula is C19H21NO2. The number of nitrogens with zero attached hydrogens (tertiary/aromatic N) is 1. The quantitative estimate of drug-likeness (QED) is 0.633. The third-order valence-corrected chi connectivity index (χ3v) is 6.01. The van der Waals surface area contributed by atoms with Crippen molar-refractivity contribution < 1.29 is 9.53 Å². The molecule has 3 heteroatoms. The van der Waals surface area contributed by atoms with Crippen LogP contribution in [-0.2, 0) is 16.0 Å². The van der Waals surface area contributed by atoms with E-state index in [0.29, 0.717) is 5.92 Å². The average molecular weight is 295 g/mol. The average Bonchev–Trinajstić information content (AvgIpc) is 3.01. The second kappa shape index (κ2) is 4.80.